The molecule has 1 fully saturated rings. The molecule has 23 heavy (non-hydrogen) atoms. The summed E-state index contributed by atoms with van der Waals surface area (Å²) in [5.41, 5.74) is 0. The van der Waals surface area contributed by atoms with Crippen LogP contribution in [0.4, 0.5) is 0 Å². The molecule has 0 atom stereocenters. The number of carbonyl (C=O) groups is 1. The van der Waals surface area contributed by atoms with Crippen molar-refractivity contribution < 1.29 is 13.2 Å². The molecule has 1 N–H and O–H groups in total. The quantitative estimate of drug-likeness (QED) is 0.920. The van der Waals surface area contributed by atoms with Gasteiger partial charge in [0.1, 0.15) is 0 Å². The number of amides is 1. The number of hydrogen-bond donors (Lipinski definition) is 1. The minimum Gasteiger partial charge on any atom is -0.349 e. The number of piperidine rings is 1. The second kappa shape index (κ2) is 6.82. The maximum atomic E-state index is 12.5. The van der Waals surface area contributed by atoms with Crippen LogP contribution in [0.2, 0.25) is 0 Å². The third-order valence-electron chi connectivity index (χ3n) is 3.92. The van der Waals surface area contributed by atoms with Crippen LogP contribution in [0.1, 0.15) is 22.5 Å². The van der Waals surface area contributed by atoms with Crippen LogP contribution in [0.3, 0.4) is 0 Å². The van der Waals surface area contributed by atoms with Crippen LogP contribution in [0, 0.1) is 0 Å². The molecule has 0 saturated carbocycles. The molecule has 1 amide bonds. The Kier molecular flexibility index (Phi) is 4.79. The molecule has 1 aliphatic rings. The van der Waals surface area contributed by atoms with Gasteiger partial charge in [-0.15, -0.1) is 11.3 Å². The molecule has 0 aliphatic carbocycles. The Hall–Kier alpha value is -1.70. The second-order valence-electron chi connectivity index (χ2n) is 5.44. The molecular weight excluding hydrogens is 332 g/mol. The molecule has 0 spiro atoms. The molecule has 7 heteroatoms. The van der Waals surface area contributed by atoms with Crippen molar-refractivity contribution in [2.24, 2.45) is 0 Å². The minimum atomic E-state index is -3.43. The third-order valence-corrected chi connectivity index (χ3v) is 6.70. The molecule has 1 saturated heterocycles. The van der Waals surface area contributed by atoms with Crippen molar-refractivity contribution in [3.8, 4) is 0 Å². The fraction of sp³-hybridized carbons (Fsp3) is 0.312. The number of sulfonamides is 1. The van der Waals surface area contributed by atoms with Crippen molar-refractivity contribution in [1.82, 2.24) is 9.62 Å². The summed E-state index contributed by atoms with van der Waals surface area (Å²) in [5.74, 6) is -0.0793. The summed E-state index contributed by atoms with van der Waals surface area (Å²) in [6.45, 7) is 0.846. The number of nitrogens with zero attached hydrogens (tertiary/aromatic N) is 1. The van der Waals surface area contributed by atoms with E-state index in [1.807, 2.05) is 11.4 Å². The number of benzene rings is 1. The average molecular weight is 350 g/mol. The Morgan fingerprint density at radius 2 is 1.78 bits per heavy atom. The SMILES string of the molecule is O=C(NC1CCN(S(=O)(=O)c2ccccc2)CC1)c1cccs1. The maximum absolute atomic E-state index is 12.5. The summed E-state index contributed by atoms with van der Waals surface area (Å²) in [7, 11) is -3.43. The first-order chi connectivity index (χ1) is 11.1. The zero-order valence-electron chi connectivity index (χ0n) is 12.5. The van der Waals surface area contributed by atoms with Crippen LogP contribution < -0.4 is 5.32 Å². The zero-order valence-corrected chi connectivity index (χ0v) is 14.1. The Labute approximate surface area is 140 Å². The number of hydrogen-bond acceptors (Lipinski definition) is 4. The van der Waals surface area contributed by atoms with Crippen LogP contribution in [0.15, 0.2) is 52.7 Å². The van der Waals surface area contributed by atoms with E-state index in [2.05, 4.69) is 5.32 Å². The Morgan fingerprint density at radius 3 is 2.39 bits per heavy atom. The van der Waals surface area contributed by atoms with Crippen molar-refractivity contribution in [3.05, 3.63) is 52.7 Å². The Bertz CT molecular complexity index is 750. The molecule has 0 unspecified atom stereocenters. The van der Waals surface area contributed by atoms with E-state index in [-0.39, 0.29) is 11.9 Å². The van der Waals surface area contributed by atoms with Gasteiger partial charge < -0.3 is 5.32 Å². The highest BCUT2D eigenvalue weighted by Crippen LogP contribution is 2.21. The monoisotopic (exact) mass is 350 g/mol. The van der Waals surface area contributed by atoms with Gasteiger partial charge in [-0.3, -0.25) is 4.79 Å². The summed E-state index contributed by atoms with van der Waals surface area (Å²) < 4.78 is 26.6. The fourth-order valence-electron chi connectivity index (χ4n) is 2.65. The van der Waals surface area contributed by atoms with Gasteiger partial charge in [-0.25, -0.2) is 8.42 Å². The molecule has 3 rings (SSSR count). The third kappa shape index (κ3) is 3.63. The molecular formula is C16H18N2O3S2. The van der Waals surface area contributed by atoms with E-state index in [9.17, 15) is 13.2 Å². The van der Waals surface area contributed by atoms with Crippen molar-refractivity contribution in [3.63, 3.8) is 0 Å². The van der Waals surface area contributed by atoms with Crippen LogP contribution in [0.25, 0.3) is 0 Å². The lowest BCUT2D eigenvalue weighted by Gasteiger charge is -2.31. The maximum Gasteiger partial charge on any atom is 0.261 e. The highest BCUT2D eigenvalue weighted by Gasteiger charge is 2.29. The first-order valence-electron chi connectivity index (χ1n) is 7.47. The Balaban J connectivity index is 1.59. The molecule has 5 nitrogen and oxygen atoms in total. The standard InChI is InChI=1S/C16H18N2O3S2/c19-16(15-7-4-12-22-15)17-13-8-10-18(11-9-13)23(20,21)14-5-2-1-3-6-14/h1-7,12-13H,8-11H2,(H,17,19). The molecule has 1 aliphatic heterocycles. The molecule has 1 aromatic carbocycles. The van der Waals surface area contributed by atoms with Gasteiger partial charge in [0.15, 0.2) is 0 Å². The lowest BCUT2D eigenvalue weighted by Crippen LogP contribution is -2.46. The van der Waals surface area contributed by atoms with Gasteiger partial charge in [-0.2, -0.15) is 4.31 Å². The Morgan fingerprint density at radius 1 is 1.09 bits per heavy atom. The number of nitrogens with one attached hydrogen (secondary N) is 1. The van der Waals surface area contributed by atoms with Gasteiger partial charge in [-0.1, -0.05) is 24.3 Å². The van der Waals surface area contributed by atoms with E-state index in [0.717, 1.165) is 0 Å². The van der Waals surface area contributed by atoms with E-state index in [1.54, 1.807) is 36.4 Å². The average Bonchev–Trinajstić information content (AvgIpc) is 3.11. The molecule has 122 valence electrons. The normalized spacial score (nSPS) is 17.0. The summed E-state index contributed by atoms with van der Waals surface area (Å²) in [6, 6.07) is 12.1. The van der Waals surface area contributed by atoms with Crippen molar-refractivity contribution >= 4 is 27.3 Å². The largest absolute Gasteiger partial charge is 0.349 e. The summed E-state index contributed by atoms with van der Waals surface area (Å²) in [4.78, 5) is 13.0. The van der Waals surface area contributed by atoms with Crippen molar-refractivity contribution in [2.45, 2.75) is 23.8 Å². The molecule has 2 aromatic rings. The van der Waals surface area contributed by atoms with Gasteiger partial charge in [-0.05, 0) is 36.4 Å². The highest BCUT2D eigenvalue weighted by atomic mass is 32.2. The molecule has 0 bridgehead atoms. The van der Waals surface area contributed by atoms with Crippen LogP contribution in [0.5, 0.6) is 0 Å². The zero-order chi connectivity index (χ0) is 16.3. The predicted molar refractivity (Wildman–Crippen MR) is 90.0 cm³/mol. The van der Waals surface area contributed by atoms with Crippen LogP contribution in [-0.2, 0) is 10.0 Å². The van der Waals surface area contributed by atoms with E-state index in [1.165, 1.54) is 15.6 Å². The highest BCUT2D eigenvalue weighted by molar-refractivity contribution is 7.89. The second-order valence-corrected chi connectivity index (χ2v) is 8.33. The summed E-state index contributed by atoms with van der Waals surface area (Å²) in [5, 5.41) is 4.85. The lowest BCUT2D eigenvalue weighted by molar-refractivity contribution is 0.0928. The van der Waals surface area contributed by atoms with Gasteiger partial charge in [0.2, 0.25) is 10.0 Å². The van der Waals surface area contributed by atoms with E-state index < -0.39 is 10.0 Å². The van der Waals surface area contributed by atoms with Gasteiger partial charge in [0.25, 0.3) is 5.91 Å². The number of rotatable bonds is 4. The number of carbonyl (C=O) groups excluding carboxylic acids is 1. The molecule has 0 radical (unpaired) electrons. The summed E-state index contributed by atoms with van der Waals surface area (Å²) >= 11 is 1.40. The minimum absolute atomic E-state index is 0.0202. The van der Waals surface area contributed by atoms with Crippen LogP contribution >= 0.6 is 11.3 Å². The van der Waals surface area contributed by atoms with Crippen molar-refractivity contribution in [2.75, 3.05) is 13.1 Å². The van der Waals surface area contributed by atoms with E-state index in [4.69, 9.17) is 0 Å². The lowest BCUT2D eigenvalue weighted by atomic mass is 10.1. The van der Waals surface area contributed by atoms with Gasteiger partial charge >= 0.3 is 0 Å². The van der Waals surface area contributed by atoms with Crippen molar-refractivity contribution in [1.29, 1.82) is 0 Å². The topological polar surface area (TPSA) is 66.5 Å². The van der Waals surface area contributed by atoms with E-state index >= 15 is 0 Å². The predicted octanol–water partition coefficient (Wildman–Crippen LogP) is 2.33. The fourth-order valence-corrected chi connectivity index (χ4v) is 4.76. The smallest absolute Gasteiger partial charge is 0.261 e. The molecule has 2 heterocycles. The molecule has 1 aromatic heterocycles. The van der Waals surface area contributed by atoms with Gasteiger partial charge in [0.05, 0.1) is 9.77 Å². The first kappa shape index (κ1) is 16.2. The van der Waals surface area contributed by atoms with E-state index in [0.29, 0.717) is 35.7 Å². The summed E-state index contributed by atoms with van der Waals surface area (Å²) in [6.07, 6.45) is 1.26. The first-order valence-corrected chi connectivity index (χ1v) is 9.79. The van der Waals surface area contributed by atoms with Gasteiger partial charge in [0, 0.05) is 19.1 Å². The van der Waals surface area contributed by atoms with Crippen LogP contribution in [-0.4, -0.2) is 37.8 Å². The number of thiophene rings is 1.